The quantitative estimate of drug-likeness (QED) is 0.885. The van der Waals surface area contributed by atoms with Crippen LogP contribution in [0.1, 0.15) is 10.4 Å². The van der Waals surface area contributed by atoms with E-state index in [1.54, 1.807) is 0 Å². The fraction of sp³-hybridized carbons (Fsp3) is 0.333. The molecule has 21 heavy (non-hydrogen) atoms. The minimum Gasteiger partial charge on any atom is -0.488 e. The van der Waals surface area contributed by atoms with Crippen molar-refractivity contribution in [2.45, 2.75) is 12.3 Å². The predicted octanol–water partition coefficient (Wildman–Crippen LogP) is 1.51. The highest BCUT2D eigenvalue weighted by atomic mass is 35.5. The van der Waals surface area contributed by atoms with E-state index in [4.69, 9.17) is 16.3 Å². The number of hydrogen-bond acceptors (Lipinski definition) is 4. The third-order valence-corrected chi connectivity index (χ3v) is 3.03. The number of imide groups is 1. The Kier molecular flexibility index (Phi) is 4.38. The van der Waals surface area contributed by atoms with Crippen LogP contribution in [0.4, 0.5) is 13.2 Å². The molecule has 0 spiro atoms. The molecule has 0 atom stereocenters. The van der Waals surface area contributed by atoms with Crippen molar-refractivity contribution < 1.29 is 27.5 Å². The summed E-state index contributed by atoms with van der Waals surface area (Å²) >= 11 is 5.82. The van der Waals surface area contributed by atoms with E-state index in [9.17, 15) is 22.8 Å². The number of benzene rings is 1. The van der Waals surface area contributed by atoms with Crippen molar-refractivity contribution in [1.82, 2.24) is 10.6 Å². The van der Waals surface area contributed by atoms with Crippen molar-refractivity contribution >= 4 is 23.4 Å². The Morgan fingerprint density at radius 3 is 2.48 bits per heavy atom. The van der Waals surface area contributed by atoms with E-state index in [2.05, 4.69) is 5.32 Å². The normalized spacial score (nSPS) is 15.2. The molecule has 1 aliphatic heterocycles. The SMILES string of the molecule is O=C(NC(=O)C(F)(F)F)c1ccc(OC2CNC2)cc1Cl. The minimum absolute atomic E-state index is 0.00690. The van der Waals surface area contributed by atoms with Gasteiger partial charge in [0.05, 0.1) is 10.6 Å². The summed E-state index contributed by atoms with van der Waals surface area (Å²) in [5, 5.41) is 4.11. The first-order chi connectivity index (χ1) is 9.77. The number of ether oxygens (including phenoxy) is 1. The molecule has 1 aromatic rings. The lowest BCUT2D eigenvalue weighted by molar-refractivity contribution is -0.172. The van der Waals surface area contributed by atoms with Gasteiger partial charge < -0.3 is 10.1 Å². The van der Waals surface area contributed by atoms with Crippen LogP contribution in [0.3, 0.4) is 0 Å². The number of nitrogens with one attached hydrogen (secondary N) is 2. The number of amides is 2. The maximum atomic E-state index is 12.1. The second-order valence-corrected chi connectivity index (χ2v) is 4.73. The maximum absolute atomic E-state index is 12.1. The van der Waals surface area contributed by atoms with E-state index in [0.29, 0.717) is 18.8 Å². The summed E-state index contributed by atoms with van der Waals surface area (Å²) < 4.78 is 41.6. The van der Waals surface area contributed by atoms with Gasteiger partial charge in [-0.25, -0.2) is 0 Å². The van der Waals surface area contributed by atoms with Crippen molar-refractivity contribution in [3.05, 3.63) is 28.8 Å². The van der Waals surface area contributed by atoms with Gasteiger partial charge in [0.15, 0.2) is 0 Å². The summed E-state index contributed by atoms with van der Waals surface area (Å²) in [6.07, 6.45) is -5.14. The summed E-state index contributed by atoms with van der Waals surface area (Å²) in [7, 11) is 0. The van der Waals surface area contributed by atoms with Crippen LogP contribution in [0.15, 0.2) is 18.2 Å². The van der Waals surface area contributed by atoms with Crippen LogP contribution in [0.5, 0.6) is 5.75 Å². The number of carbonyl (C=O) groups excluding carboxylic acids is 2. The fourth-order valence-corrected chi connectivity index (χ4v) is 1.79. The Morgan fingerprint density at radius 1 is 1.33 bits per heavy atom. The molecule has 1 aliphatic rings. The zero-order valence-electron chi connectivity index (χ0n) is 10.5. The lowest BCUT2D eigenvalue weighted by Crippen LogP contribution is -2.50. The van der Waals surface area contributed by atoms with Crippen molar-refractivity contribution in [3.63, 3.8) is 0 Å². The highest BCUT2D eigenvalue weighted by molar-refractivity contribution is 6.34. The smallest absolute Gasteiger partial charge is 0.471 e. The van der Waals surface area contributed by atoms with Crippen molar-refractivity contribution in [2.24, 2.45) is 0 Å². The van der Waals surface area contributed by atoms with Crippen molar-refractivity contribution in [1.29, 1.82) is 0 Å². The molecule has 2 rings (SSSR count). The van der Waals surface area contributed by atoms with Crippen LogP contribution in [-0.4, -0.2) is 37.2 Å². The summed E-state index contributed by atoms with van der Waals surface area (Å²) in [6, 6.07) is 3.91. The molecule has 1 saturated heterocycles. The Labute approximate surface area is 122 Å². The highest BCUT2D eigenvalue weighted by Gasteiger charge is 2.40. The molecule has 9 heteroatoms. The van der Waals surface area contributed by atoms with Crippen LogP contribution in [0, 0.1) is 0 Å². The van der Waals surface area contributed by atoms with E-state index in [1.165, 1.54) is 23.5 Å². The van der Waals surface area contributed by atoms with Gasteiger partial charge in [0, 0.05) is 13.1 Å². The van der Waals surface area contributed by atoms with Gasteiger partial charge in [0.25, 0.3) is 5.91 Å². The van der Waals surface area contributed by atoms with Gasteiger partial charge >= 0.3 is 12.1 Å². The summed E-state index contributed by atoms with van der Waals surface area (Å²) in [6.45, 7) is 1.36. The first-order valence-corrected chi connectivity index (χ1v) is 6.24. The lowest BCUT2D eigenvalue weighted by atomic mass is 10.2. The van der Waals surface area contributed by atoms with Gasteiger partial charge in [-0.15, -0.1) is 0 Å². The molecular weight excluding hydrogens is 313 g/mol. The largest absolute Gasteiger partial charge is 0.488 e. The van der Waals surface area contributed by atoms with Gasteiger partial charge in [0.1, 0.15) is 11.9 Å². The molecule has 2 N–H and O–H groups in total. The average molecular weight is 323 g/mol. The monoisotopic (exact) mass is 322 g/mol. The molecule has 1 aromatic carbocycles. The van der Waals surface area contributed by atoms with Crippen molar-refractivity contribution in [2.75, 3.05) is 13.1 Å². The van der Waals surface area contributed by atoms with Crippen LogP contribution >= 0.6 is 11.6 Å². The zero-order valence-corrected chi connectivity index (χ0v) is 11.2. The molecule has 0 saturated carbocycles. The maximum Gasteiger partial charge on any atom is 0.471 e. The van der Waals surface area contributed by atoms with E-state index in [-0.39, 0.29) is 16.7 Å². The van der Waals surface area contributed by atoms with Gasteiger partial charge in [-0.05, 0) is 18.2 Å². The van der Waals surface area contributed by atoms with E-state index < -0.39 is 18.0 Å². The average Bonchev–Trinajstić information content (AvgIpc) is 2.32. The van der Waals surface area contributed by atoms with Gasteiger partial charge in [-0.3, -0.25) is 14.9 Å². The zero-order chi connectivity index (χ0) is 15.6. The number of carbonyl (C=O) groups is 2. The molecule has 5 nitrogen and oxygen atoms in total. The second-order valence-electron chi connectivity index (χ2n) is 4.32. The van der Waals surface area contributed by atoms with Gasteiger partial charge in [-0.1, -0.05) is 11.6 Å². The molecule has 0 aliphatic carbocycles. The molecule has 0 unspecified atom stereocenters. The molecular formula is C12H10ClF3N2O3. The van der Waals surface area contributed by atoms with E-state index in [0.717, 1.165) is 0 Å². The third kappa shape index (κ3) is 3.85. The van der Waals surface area contributed by atoms with Gasteiger partial charge in [-0.2, -0.15) is 13.2 Å². The summed E-state index contributed by atoms with van der Waals surface area (Å²) in [4.78, 5) is 22.2. The summed E-state index contributed by atoms with van der Waals surface area (Å²) in [5.74, 6) is -3.17. The topological polar surface area (TPSA) is 67.4 Å². The Balaban J connectivity index is 2.05. The van der Waals surface area contributed by atoms with Crippen LogP contribution in [-0.2, 0) is 4.79 Å². The first-order valence-electron chi connectivity index (χ1n) is 5.87. The Morgan fingerprint density at radius 2 is 2.00 bits per heavy atom. The molecule has 0 aromatic heterocycles. The molecule has 0 radical (unpaired) electrons. The molecule has 1 fully saturated rings. The van der Waals surface area contributed by atoms with E-state index in [1.807, 2.05) is 0 Å². The van der Waals surface area contributed by atoms with E-state index >= 15 is 0 Å². The summed E-state index contributed by atoms with van der Waals surface area (Å²) in [5.41, 5.74) is -0.242. The number of alkyl halides is 3. The van der Waals surface area contributed by atoms with Crippen LogP contribution < -0.4 is 15.4 Å². The molecule has 114 valence electrons. The molecule has 0 bridgehead atoms. The lowest BCUT2D eigenvalue weighted by Gasteiger charge is -2.27. The van der Waals surface area contributed by atoms with Crippen LogP contribution in [0.25, 0.3) is 0 Å². The van der Waals surface area contributed by atoms with Crippen molar-refractivity contribution in [3.8, 4) is 5.75 Å². The number of halogens is 4. The first kappa shape index (κ1) is 15.6. The highest BCUT2D eigenvalue weighted by Crippen LogP contribution is 2.24. The minimum atomic E-state index is -5.14. The Bertz CT molecular complexity index is 573. The Hall–Kier alpha value is -1.80. The number of rotatable bonds is 3. The second kappa shape index (κ2) is 5.90. The van der Waals surface area contributed by atoms with Gasteiger partial charge in [0.2, 0.25) is 0 Å². The molecule has 1 heterocycles. The predicted molar refractivity (Wildman–Crippen MR) is 67.3 cm³/mol. The number of hydrogen-bond donors (Lipinski definition) is 2. The third-order valence-electron chi connectivity index (χ3n) is 2.72. The van der Waals surface area contributed by atoms with Crippen LogP contribution in [0.2, 0.25) is 5.02 Å². The fourth-order valence-electron chi connectivity index (χ4n) is 1.53. The standard InChI is InChI=1S/C12H10ClF3N2O3/c13-9-3-6(21-7-4-17-5-7)1-2-8(9)10(19)18-11(20)12(14,15)16/h1-3,7,17H,4-5H2,(H,18,19,20). The molecule has 2 amide bonds.